The third-order valence-corrected chi connectivity index (χ3v) is 5.39. The molecule has 16 heavy (non-hydrogen) atoms. The average Bonchev–Trinajstić information content (AvgIpc) is 2.60. The van der Waals surface area contributed by atoms with Crippen LogP contribution in [0, 0.1) is 0 Å². The molecule has 5 heteroatoms. The fourth-order valence-corrected chi connectivity index (χ4v) is 2.73. The van der Waals surface area contributed by atoms with E-state index in [1.807, 2.05) is 0 Å². The number of hydrogen-bond acceptors (Lipinski definition) is 4. The molecule has 0 heterocycles. The molecule has 0 spiro atoms. The summed E-state index contributed by atoms with van der Waals surface area (Å²) in [5, 5.41) is -0.325. The Morgan fingerprint density at radius 2 is 1.88 bits per heavy atom. The van der Waals surface area contributed by atoms with Crippen molar-refractivity contribution >= 4 is 9.84 Å². The minimum atomic E-state index is -2.98. The summed E-state index contributed by atoms with van der Waals surface area (Å²) in [6, 6.07) is 0. The summed E-state index contributed by atoms with van der Waals surface area (Å²) in [5.41, 5.74) is 5.89. The van der Waals surface area contributed by atoms with Gasteiger partial charge in [0, 0.05) is 5.54 Å². The fraction of sp³-hybridized carbons (Fsp3) is 1.00. The molecule has 0 atom stereocenters. The molecular formula is C11H23NO3S. The van der Waals surface area contributed by atoms with Crippen LogP contribution in [0.2, 0.25) is 0 Å². The minimum Gasteiger partial charge on any atom is -0.378 e. The molecule has 2 N–H and O–H groups in total. The molecule has 0 aromatic rings. The summed E-state index contributed by atoms with van der Waals surface area (Å²) in [4.78, 5) is 0. The van der Waals surface area contributed by atoms with E-state index < -0.39 is 9.84 Å². The largest absolute Gasteiger partial charge is 0.378 e. The first-order chi connectivity index (χ1) is 7.36. The molecule has 1 fully saturated rings. The molecule has 1 aliphatic rings. The standard InChI is InChI=1S/C11H23NO3S/c1-10(2)16(13,14)8-7-15-9-11(12)5-3-4-6-11/h10H,3-9,12H2,1-2H3. The molecule has 0 amide bonds. The van der Waals surface area contributed by atoms with Gasteiger partial charge in [0.05, 0.1) is 24.2 Å². The molecule has 4 nitrogen and oxygen atoms in total. The van der Waals surface area contributed by atoms with Crippen LogP contribution in [0.4, 0.5) is 0 Å². The lowest BCUT2D eigenvalue weighted by atomic mass is 10.0. The number of sulfone groups is 1. The first kappa shape index (κ1) is 13.9. The molecule has 0 bridgehead atoms. The maximum absolute atomic E-state index is 11.5. The summed E-state index contributed by atoms with van der Waals surface area (Å²) in [6.07, 6.45) is 4.29. The minimum absolute atomic E-state index is 0.0980. The SMILES string of the molecule is CC(C)S(=O)(=O)CCOCC1(N)CCCC1. The third-order valence-electron chi connectivity index (χ3n) is 3.22. The van der Waals surface area contributed by atoms with Crippen LogP contribution in [0.25, 0.3) is 0 Å². The quantitative estimate of drug-likeness (QED) is 0.716. The lowest BCUT2D eigenvalue weighted by molar-refractivity contribution is 0.0978. The summed E-state index contributed by atoms with van der Waals surface area (Å²) in [5.74, 6) is 0.0980. The van der Waals surface area contributed by atoms with Gasteiger partial charge in [0.25, 0.3) is 0 Å². The van der Waals surface area contributed by atoms with Crippen LogP contribution in [-0.4, -0.2) is 38.2 Å². The lowest BCUT2D eigenvalue weighted by Gasteiger charge is -2.23. The Balaban J connectivity index is 2.22. The molecule has 0 saturated heterocycles. The van der Waals surface area contributed by atoms with Gasteiger partial charge in [0.2, 0.25) is 0 Å². The Labute approximate surface area is 98.5 Å². The number of hydrogen-bond donors (Lipinski definition) is 1. The normalized spacial score (nSPS) is 20.5. The summed E-state index contributed by atoms with van der Waals surface area (Å²) < 4.78 is 28.4. The van der Waals surface area contributed by atoms with Crippen molar-refractivity contribution in [3.63, 3.8) is 0 Å². The van der Waals surface area contributed by atoms with Crippen molar-refractivity contribution in [3.05, 3.63) is 0 Å². The highest BCUT2D eigenvalue weighted by molar-refractivity contribution is 7.91. The van der Waals surface area contributed by atoms with Crippen LogP contribution in [-0.2, 0) is 14.6 Å². The Morgan fingerprint density at radius 3 is 2.38 bits per heavy atom. The summed E-state index contributed by atoms with van der Waals surface area (Å²) in [7, 11) is -2.98. The van der Waals surface area contributed by atoms with Crippen LogP contribution < -0.4 is 5.73 Å². The predicted molar refractivity (Wildman–Crippen MR) is 65.1 cm³/mol. The monoisotopic (exact) mass is 249 g/mol. The maximum atomic E-state index is 11.5. The van der Waals surface area contributed by atoms with E-state index in [9.17, 15) is 8.42 Å². The zero-order valence-electron chi connectivity index (χ0n) is 10.2. The van der Waals surface area contributed by atoms with Crippen molar-refractivity contribution in [1.29, 1.82) is 0 Å². The van der Waals surface area contributed by atoms with Gasteiger partial charge in [-0.25, -0.2) is 8.42 Å². The van der Waals surface area contributed by atoms with Crippen LogP contribution >= 0.6 is 0 Å². The lowest BCUT2D eigenvalue weighted by Crippen LogP contribution is -2.41. The van der Waals surface area contributed by atoms with E-state index >= 15 is 0 Å². The molecule has 0 aromatic carbocycles. The van der Waals surface area contributed by atoms with Crippen LogP contribution in [0.3, 0.4) is 0 Å². The smallest absolute Gasteiger partial charge is 0.154 e. The maximum Gasteiger partial charge on any atom is 0.154 e. The highest BCUT2D eigenvalue weighted by Gasteiger charge is 2.29. The van der Waals surface area contributed by atoms with Crippen molar-refractivity contribution in [3.8, 4) is 0 Å². The molecule has 0 aromatic heterocycles. The van der Waals surface area contributed by atoms with Crippen LogP contribution in [0.1, 0.15) is 39.5 Å². The molecule has 0 unspecified atom stereocenters. The second kappa shape index (κ2) is 5.47. The Kier molecular flexibility index (Phi) is 4.76. The number of nitrogens with two attached hydrogens (primary N) is 1. The van der Waals surface area contributed by atoms with E-state index in [-0.39, 0.29) is 23.1 Å². The summed E-state index contributed by atoms with van der Waals surface area (Å²) >= 11 is 0. The van der Waals surface area contributed by atoms with Crippen molar-refractivity contribution in [2.24, 2.45) is 5.73 Å². The van der Waals surface area contributed by atoms with Gasteiger partial charge in [-0.3, -0.25) is 0 Å². The van der Waals surface area contributed by atoms with Crippen molar-refractivity contribution < 1.29 is 13.2 Å². The van der Waals surface area contributed by atoms with E-state index in [0.29, 0.717) is 6.61 Å². The molecule has 0 radical (unpaired) electrons. The Morgan fingerprint density at radius 1 is 1.31 bits per heavy atom. The van der Waals surface area contributed by atoms with Gasteiger partial charge in [-0.15, -0.1) is 0 Å². The first-order valence-corrected chi connectivity index (χ1v) is 7.65. The van der Waals surface area contributed by atoms with Crippen molar-refractivity contribution in [1.82, 2.24) is 0 Å². The highest BCUT2D eigenvalue weighted by Crippen LogP contribution is 2.27. The van der Waals surface area contributed by atoms with Gasteiger partial charge in [0.15, 0.2) is 9.84 Å². The second-order valence-electron chi connectivity index (χ2n) is 5.04. The summed E-state index contributed by atoms with van der Waals surface area (Å²) in [6.45, 7) is 4.13. The molecular weight excluding hydrogens is 226 g/mol. The Bertz CT molecular complexity index is 305. The van der Waals surface area contributed by atoms with Gasteiger partial charge < -0.3 is 10.5 Å². The van der Waals surface area contributed by atoms with E-state index in [0.717, 1.165) is 25.7 Å². The van der Waals surface area contributed by atoms with Crippen LogP contribution in [0.15, 0.2) is 0 Å². The predicted octanol–water partition coefficient (Wildman–Crippen LogP) is 1.10. The van der Waals surface area contributed by atoms with Gasteiger partial charge >= 0.3 is 0 Å². The van der Waals surface area contributed by atoms with Crippen molar-refractivity contribution in [2.45, 2.75) is 50.3 Å². The molecule has 1 saturated carbocycles. The van der Waals surface area contributed by atoms with Gasteiger partial charge in [-0.05, 0) is 26.7 Å². The molecule has 1 aliphatic carbocycles. The molecule has 96 valence electrons. The second-order valence-corrected chi connectivity index (χ2v) is 7.71. The van der Waals surface area contributed by atoms with E-state index in [2.05, 4.69) is 0 Å². The molecule has 1 rings (SSSR count). The van der Waals surface area contributed by atoms with E-state index in [1.54, 1.807) is 13.8 Å². The van der Waals surface area contributed by atoms with Gasteiger partial charge in [0.1, 0.15) is 0 Å². The number of ether oxygens (including phenoxy) is 1. The highest BCUT2D eigenvalue weighted by atomic mass is 32.2. The van der Waals surface area contributed by atoms with E-state index in [1.165, 1.54) is 0 Å². The van der Waals surface area contributed by atoms with Gasteiger partial charge in [-0.1, -0.05) is 12.8 Å². The zero-order valence-corrected chi connectivity index (χ0v) is 11.1. The van der Waals surface area contributed by atoms with Crippen LogP contribution in [0.5, 0.6) is 0 Å². The topological polar surface area (TPSA) is 69.4 Å². The molecule has 0 aliphatic heterocycles. The first-order valence-electron chi connectivity index (χ1n) is 5.94. The van der Waals surface area contributed by atoms with Gasteiger partial charge in [-0.2, -0.15) is 0 Å². The number of rotatable bonds is 6. The fourth-order valence-electron chi connectivity index (χ4n) is 1.91. The van der Waals surface area contributed by atoms with Crippen molar-refractivity contribution in [2.75, 3.05) is 19.0 Å². The third kappa shape index (κ3) is 4.03. The Hall–Kier alpha value is -0.130. The zero-order chi connectivity index (χ0) is 12.2. The van der Waals surface area contributed by atoms with E-state index in [4.69, 9.17) is 10.5 Å². The average molecular weight is 249 g/mol.